The van der Waals surface area contributed by atoms with Crippen molar-refractivity contribution in [2.24, 2.45) is 0 Å². The molecule has 0 saturated carbocycles. The van der Waals surface area contributed by atoms with Crippen molar-refractivity contribution in [1.82, 2.24) is 4.98 Å². The summed E-state index contributed by atoms with van der Waals surface area (Å²) in [7, 11) is 3.35. The Morgan fingerprint density at radius 3 is 2.60 bits per heavy atom. The summed E-state index contributed by atoms with van der Waals surface area (Å²) in [5, 5.41) is 1.21. The third kappa shape index (κ3) is 2.34. The van der Waals surface area contributed by atoms with E-state index in [1.54, 1.807) is 26.0 Å². The molecule has 3 rings (SSSR count). The number of benzene rings is 2. The molecule has 0 fully saturated rings. The average molecular weight is 285 g/mol. The van der Waals surface area contributed by atoms with Crippen molar-refractivity contribution in [3.8, 4) is 11.5 Å². The zero-order valence-corrected chi connectivity index (χ0v) is 12.2. The maximum absolute atomic E-state index is 5.42. The fraction of sp³-hybridized carbons (Fsp3) is 0.125. The van der Waals surface area contributed by atoms with E-state index in [4.69, 9.17) is 9.47 Å². The van der Waals surface area contributed by atoms with Gasteiger partial charge in [0.25, 0.3) is 0 Å². The number of ether oxygens (including phenoxy) is 2. The van der Waals surface area contributed by atoms with Crippen LogP contribution in [0.3, 0.4) is 0 Å². The first kappa shape index (κ1) is 12.9. The number of methoxy groups -OCH3 is 2. The SMILES string of the molecule is COc1ccc(OC)c(Sc2c[nH]c3ccccc23)c1. The van der Waals surface area contributed by atoms with Crippen LogP contribution in [0.5, 0.6) is 11.5 Å². The van der Waals surface area contributed by atoms with Crippen LogP contribution in [0.4, 0.5) is 0 Å². The second kappa shape index (κ2) is 5.51. The highest BCUT2D eigenvalue weighted by Crippen LogP contribution is 2.40. The summed E-state index contributed by atoms with van der Waals surface area (Å²) in [6.45, 7) is 0. The summed E-state index contributed by atoms with van der Waals surface area (Å²) in [6, 6.07) is 14.1. The van der Waals surface area contributed by atoms with Crippen LogP contribution < -0.4 is 9.47 Å². The Bertz CT molecular complexity index is 736. The molecule has 1 N–H and O–H groups in total. The third-order valence-corrected chi connectivity index (χ3v) is 4.24. The van der Waals surface area contributed by atoms with Crippen molar-refractivity contribution < 1.29 is 9.47 Å². The first-order valence-electron chi connectivity index (χ1n) is 6.28. The molecule has 0 bridgehead atoms. The molecule has 102 valence electrons. The van der Waals surface area contributed by atoms with E-state index >= 15 is 0 Å². The number of fused-ring (bicyclic) bond motifs is 1. The van der Waals surface area contributed by atoms with Crippen molar-refractivity contribution in [2.75, 3.05) is 14.2 Å². The second-order valence-electron chi connectivity index (χ2n) is 4.32. The molecule has 0 saturated heterocycles. The lowest BCUT2D eigenvalue weighted by atomic mass is 10.2. The Labute approximate surface area is 121 Å². The van der Waals surface area contributed by atoms with Gasteiger partial charge in [0.05, 0.1) is 19.1 Å². The lowest BCUT2D eigenvalue weighted by Gasteiger charge is -2.09. The third-order valence-electron chi connectivity index (χ3n) is 3.14. The Balaban J connectivity index is 2.01. The van der Waals surface area contributed by atoms with Crippen LogP contribution in [-0.2, 0) is 0 Å². The zero-order chi connectivity index (χ0) is 13.9. The van der Waals surface area contributed by atoms with Gasteiger partial charge in [0.1, 0.15) is 11.5 Å². The van der Waals surface area contributed by atoms with Gasteiger partial charge < -0.3 is 14.5 Å². The number of aromatic nitrogens is 1. The van der Waals surface area contributed by atoms with Gasteiger partial charge in [0.2, 0.25) is 0 Å². The van der Waals surface area contributed by atoms with Gasteiger partial charge in [-0.15, -0.1) is 0 Å². The molecule has 4 heteroatoms. The summed E-state index contributed by atoms with van der Waals surface area (Å²) < 4.78 is 10.7. The second-order valence-corrected chi connectivity index (χ2v) is 5.40. The number of aromatic amines is 1. The zero-order valence-electron chi connectivity index (χ0n) is 11.3. The monoisotopic (exact) mass is 285 g/mol. The molecule has 0 aliphatic carbocycles. The summed E-state index contributed by atoms with van der Waals surface area (Å²) in [6.07, 6.45) is 2.02. The van der Waals surface area contributed by atoms with Crippen molar-refractivity contribution in [2.45, 2.75) is 9.79 Å². The number of nitrogens with one attached hydrogen (secondary N) is 1. The van der Waals surface area contributed by atoms with E-state index in [0.29, 0.717) is 0 Å². The number of rotatable bonds is 4. The molecule has 1 heterocycles. The normalized spacial score (nSPS) is 10.7. The summed E-state index contributed by atoms with van der Waals surface area (Å²) in [5.41, 5.74) is 1.14. The van der Waals surface area contributed by atoms with Crippen molar-refractivity contribution in [3.63, 3.8) is 0 Å². The summed E-state index contributed by atoms with van der Waals surface area (Å²) in [5.74, 6) is 1.68. The lowest BCUT2D eigenvalue weighted by Crippen LogP contribution is -1.88. The molecule has 1 aromatic heterocycles. The standard InChI is InChI=1S/C16H15NO2S/c1-18-11-7-8-14(19-2)15(9-11)20-16-10-17-13-6-4-3-5-12(13)16/h3-10,17H,1-2H3. The van der Waals surface area contributed by atoms with Gasteiger partial charge >= 0.3 is 0 Å². The minimum Gasteiger partial charge on any atom is -0.497 e. The molecule has 3 nitrogen and oxygen atoms in total. The molecule has 0 aliphatic heterocycles. The van der Waals surface area contributed by atoms with Crippen molar-refractivity contribution in [3.05, 3.63) is 48.7 Å². The van der Waals surface area contributed by atoms with Crippen molar-refractivity contribution >= 4 is 22.7 Å². The fourth-order valence-corrected chi connectivity index (χ4v) is 3.18. The van der Waals surface area contributed by atoms with E-state index in [1.807, 2.05) is 36.5 Å². The number of hydrogen-bond donors (Lipinski definition) is 1. The first-order valence-corrected chi connectivity index (χ1v) is 7.09. The predicted octanol–water partition coefficient (Wildman–Crippen LogP) is 4.34. The number of hydrogen-bond acceptors (Lipinski definition) is 3. The van der Waals surface area contributed by atoms with Crippen LogP contribution in [0.15, 0.2) is 58.5 Å². The molecule has 0 amide bonds. The Morgan fingerprint density at radius 1 is 0.950 bits per heavy atom. The highest BCUT2D eigenvalue weighted by Gasteiger charge is 2.10. The molecule has 0 radical (unpaired) electrons. The number of para-hydroxylation sites is 1. The predicted molar refractivity (Wildman–Crippen MR) is 82.0 cm³/mol. The topological polar surface area (TPSA) is 34.2 Å². The smallest absolute Gasteiger partial charge is 0.133 e. The molecule has 0 spiro atoms. The molecule has 20 heavy (non-hydrogen) atoms. The van der Waals surface area contributed by atoms with E-state index in [2.05, 4.69) is 17.1 Å². The highest BCUT2D eigenvalue weighted by atomic mass is 32.2. The average Bonchev–Trinajstić information content (AvgIpc) is 2.90. The van der Waals surface area contributed by atoms with Gasteiger partial charge in [-0.25, -0.2) is 0 Å². The van der Waals surface area contributed by atoms with Crippen molar-refractivity contribution in [1.29, 1.82) is 0 Å². The largest absolute Gasteiger partial charge is 0.497 e. The van der Waals surface area contributed by atoms with Gasteiger partial charge in [0.15, 0.2) is 0 Å². The van der Waals surface area contributed by atoms with E-state index in [0.717, 1.165) is 21.9 Å². The van der Waals surface area contributed by atoms with E-state index in [9.17, 15) is 0 Å². The Kier molecular flexibility index (Phi) is 3.56. The van der Waals surface area contributed by atoms with E-state index in [-0.39, 0.29) is 0 Å². The van der Waals surface area contributed by atoms with Crippen LogP contribution in [-0.4, -0.2) is 19.2 Å². The molecule has 2 aromatic carbocycles. The lowest BCUT2D eigenvalue weighted by molar-refractivity contribution is 0.394. The van der Waals surface area contributed by atoms with Gasteiger partial charge in [-0.3, -0.25) is 0 Å². The van der Waals surface area contributed by atoms with Crippen LogP contribution in [0.2, 0.25) is 0 Å². The van der Waals surface area contributed by atoms with Gasteiger partial charge in [-0.1, -0.05) is 30.0 Å². The quantitative estimate of drug-likeness (QED) is 0.774. The van der Waals surface area contributed by atoms with Gasteiger partial charge in [0, 0.05) is 22.0 Å². The number of H-pyrrole nitrogens is 1. The maximum Gasteiger partial charge on any atom is 0.133 e. The summed E-state index contributed by atoms with van der Waals surface area (Å²) >= 11 is 1.67. The molecule has 0 aliphatic rings. The molecular formula is C16H15NO2S. The summed E-state index contributed by atoms with van der Waals surface area (Å²) in [4.78, 5) is 5.49. The molecule has 3 aromatic rings. The van der Waals surface area contributed by atoms with E-state index < -0.39 is 0 Å². The van der Waals surface area contributed by atoms with E-state index in [1.165, 1.54) is 10.3 Å². The molecule has 0 atom stereocenters. The van der Waals surface area contributed by atoms with Gasteiger partial charge in [-0.05, 0) is 24.3 Å². The fourth-order valence-electron chi connectivity index (χ4n) is 2.11. The van der Waals surface area contributed by atoms with Crippen LogP contribution in [0.25, 0.3) is 10.9 Å². The minimum atomic E-state index is 0.827. The van der Waals surface area contributed by atoms with Crippen LogP contribution in [0, 0.1) is 0 Å². The minimum absolute atomic E-state index is 0.827. The van der Waals surface area contributed by atoms with Crippen LogP contribution in [0.1, 0.15) is 0 Å². The highest BCUT2D eigenvalue weighted by molar-refractivity contribution is 7.99. The maximum atomic E-state index is 5.42. The first-order chi connectivity index (χ1) is 9.81. The Hall–Kier alpha value is -2.07. The molecule has 0 unspecified atom stereocenters. The Morgan fingerprint density at radius 2 is 1.80 bits per heavy atom. The molecular weight excluding hydrogens is 270 g/mol. The van der Waals surface area contributed by atoms with Crippen LogP contribution >= 0.6 is 11.8 Å². The van der Waals surface area contributed by atoms with Gasteiger partial charge in [-0.2, -0.15) is 0 Å².